The Labute approximate surface area is 88.1 Å². The van der Waals surface area contributed by atoms with Gasteiger partial charge in [-0.15, -0.1) is 0 Å². The molecule has 0 aliphatic rings. The fourth-order valence-corrected chi connectivity index (χ4v) is 1.09. The molecule has 0 radical (unpaired) electrons. The normalized spacial score (nSPS) is 9.36. The maximum atomic E-state index is 11.2. The summed E-state index contributed by atoms with van der Waals surface area (Å²) >= 11 is 5.73. The third-order valence-electron chi connectivity index (χ3n) is 1.42. The van der Waals surface area contributed by atoms with Crippen LogP contribution in [-0.2, 0) is 4.79 Å². The van der Waals surface area contributed by atoms with E-state index in [4.69, 9.17) is 16.3 Å². The highest BCUT2D eigenvalue weighted by Gasteiger charge is 2.00. The summed E-state index contributed by atoms with van der Waals surface area (Å²) < 4.78 is 5.01. The molecule has 0 aliphatic carbocycles. The molecule has 74 valence electrons. The SMILES string of the molecule is CC(C)=CC(=O)Oc1cccc(Cl)c1. The van der Waals surface area contributed by atoms with Gasteiger partial charge in [-0.05, 0) is 32.0 Å². The molecule has 1 aromatic carbocycles. The second-order valence-corrected chi connectivity index (χ2v) is 3.54. The number of carbonyl (C=O) groups is 1. The maximum Gasteiger partial charge on any atom is 0.336 e. The van der Waals surface area contributed by atoms with Crippen LogP contribution in [0.15, 0.2) is 35.9 Å². The zero-order chi connectivity index (χ0) is 10.6. The number of rotatable bonds is 2. The van der Waals surface area contributed by atoms with E-state index in [1.807, 2.05) is 13.8 Å². The van der Waals surface area contributed by atoms with Gasteiger partial charge in [0, 0.05) is 11.1 Å². The Morgan fingerprint density at radius 1 is 1.43 bits per heavy atom. The van der Waals surface area contributed by atoms with Gasteiger partial charge in [0.15, 0.2) is 0 Å². The van der Waals surface area contributed by atoms with E-state index < -0.39 is 0 Å². The molecule has 0 saturated carbocycles. The van der Waals surface area contributed by atoms with Gasteiger partial charge >= 0.3 is 5.97 Å². The van der Waals surface area contributed by atoms with Crippen LogP contribution in [0.1, 0.15) is 13.8 Å². The molecule has 0 heterocycles. The van der Waals surface area contributed by atoms with Gasteiger partial charge in [-0.2, -0.15) is 0 Å². The van der Waals surface area contributed by atoms with E-state index in [9.17, 15) is 4.79 Å². The van der Waals surface area contributed by atoms with E-state index in [1.54, 1.807) is 24.3 Å². The van der Waals surface area contributed by atoms with Crippen molar-refractivity contribution in [2.24, 2.45) is 0 Å². The van der Waals surface area contributed by atoms with Crippen LogP contribution >= 0.6 is 11.6 Å². The van der Waals surface area contributed by atoms with Gasteiger partial charge in [0.1, 0.15) is 5.75 Å². The Morgan fingerprint density at radius 3 is 2.71 bits per heavy atom. The Morgan fingerprint density at radius 2 is 2.14 bits per heavy atom. The lowest BCUT2D eigenvalue weighted by molar-refractivity contribution is -0.129. The summed E-state index contributed by atoms with van der Waals surface area (Å²) in [6.45, 7) is 3.67. The molecule has 1 aromatic rings. The van der Waals surface area contributed by atoms with Crippen LogP contribution in [0.5, 0.6) is 5.75 Å². The van der Waals surface area contributed by atoms with Crippen LogP contribution < -0.4 is 4.74 Å². The molecule has 0 fully saturated rings. The summed E-state index contributed by atoms with van der Waals surface area (Å²) in [7, 11) is 0. The van der Waals surface area contributed by atoms with Crippen LogP contribution in [0.4, 0.5) is 0 Å². The number of allylic oxidation sites excluding steroid dienone is 1. The van der Waals surface area contributed by atoms with Crippen molar-refractivity contribution in [2.75, 3.05) is 0 Å². The summed E-state index contributed by atoms with van der Waals surface area (Å²) in [4.78, 5) is 11.2. The summed E-state index contributed by atoms with van der Waals surface area (Å²) in [5.74, 6) is 0.0762. The average molecular weight is 211 g/mol. The number of halogens is 1. The molecule has 0 saturated heterocycles. The minimum absolute atomic E-state index is 0.382. The van der Waals surface area contributed by atoms with Gasteiger partial charge in [-0.25, -0.2) is 4.79 Å². The molecule has 1 rings (SSSR count). The van der Waals surface area contributed by atoms with E-state index in [0.717, 1.165) is 5.57 Å². The Bertz CT molecular complexity index is 365. The van der Waals surface area contributed by atoms with Gasteiger partial charge < -0.3 is 4.74 Å². The number of ether oxygens (including phenoxy) is 1. The standard InChI is InChI=1S/C11H11ClO2/c1-8(2)6-11(13)14-10-5-3-4-9(12)7-10/h3-7H,1-2H3. The average Bonchev–Trinajstić information content (AvgIpc) is 2.01. The highest BCUT2D eigenvalue weighted by atomic mass is 35.5. The van der Waals surface area contributed by atoms with Crippen LogP contribution in [-0.4, -0.2) is 5.97 Å². The molecular weight excluding hydrogens is 200 g/mol. The first-order valence-electron chi connectivity index (χ1n) is 4.20. The number of hydrogen-bond acceptors (Lipinski definition) is 2. The lowest BCUT2D eigenvalue weighted by Gasteiger charge is -2.01. The van der Waals surface area contributed by atoms with Crippen molar-refractivity contribution in [3.63, 3.8) is 0 Å². The third-order valence-corrected chi connectivity index (χ3v) is 1.66. The Kier molecular flexibility index (Phi) is 3.72. The van der Waals surface area contributed by atoms with Crippen molar-refractivity contribution in [3.05, 3.63) is 40.9 Å². The predicted octanol–water partition coefficient (Wildman–Crippen LogP) is 3.21. The van der Waals surface area contributed by atoms with Gasteiger partial charge in [0.25, 0.3) is 0 Å². The minimum Gasteiger partial charge on any atom is -0.423 e. The summed E-state index contributed by atoms with van der Waals surface area (Å²) in [6, 6.07) is 6.73. The Hall–Kier alpha value is -1.28. The minimum atomic E-state index is -0.382. The van der Waals surface area contributed by atoms with Gasteiger partial charge in [-0.1, -0.05) is 23.2 Å². The van der Waals surface area contributed by atoms with Crippen LogP contribution in [0.3, 0.4) is 0 Å². The van der Waals surface area contributed by atoms with Crippen LogP contribution in [0.2, 0.25) is 5.02 Å². The number of esters is 1. The topological polar surface area (TPSA) is 26.3 Å². The quantitative estimate of drug-likeness (QED) is 0.426. The van der Waals surface area contributed by atoms with Gasteiger partial charge in [-0.3, -0.25) is 0 Å². The van der Waals surface area contributed by atoms with Crippen molar-refractivity contribution in [1.29, 1.82) is 0 Å². The molecule has 0 aromatic heterocycles. The summed E-state index contributed by atoms with van der Waals surface area (Å²) in [5, 5.41) is 0.549. The second-order valence-electron chi connectivity index (χ2n) is 3.10. The largest absolute Gasteiger partial charge is 0.423 e. The van der Waals surface area contributed by atoms with Crippen molar-refractivity contribution in [2.45, 2.75) is 13.8 Å². The van der Waals surface area contributed by atoms with E-state index in [-0.39, 0.29) is 5.97 Å². The predicted molar refractivity (Wildman–Crippen MR) is 56.5 cm³/mol. The van der Waals surface area contributed by atoms with Crippen molar-refractivity contribution in [3.8, 4) is 5.75 Å². The lowest BCUT2D eigenvalue weighted by Crippen LogP contribution is -2.04. The lowest BCUT2D eigenvalue weighted by atomic mass is 10.3. The van der Waals surface area contributed by atoms with Crippen molar-refractivity contribution >= 4 is 17.6 Å². The van der Waals surface area contributed by atoms with Gasteiger partial charge in [0.2, 0.25) is 0 Å². The molecule has 0 atom stereocenters. The fraction of sp³-hybridized carbons (Fsp3) is 0.182. The molecule has 0 aliphatic heterocycles. The first kappa shape index (κ1) is 10.8. The van der Waals surface area contributed by atoms with Crippen molar-refractivity contribution in [1.82, 2.24) is 0 Å². The maximum absolute atomic E-state index is 11.2. The van der Waals surface area contributed by atoms with E-state index in [1.165, 1.54) is 6.08 Å². The van der Waals surface area contributed by atoms with E-state index >= 15 is 0 Å². The Balaban J connectivity index is 2.70. The third kappa shape index (κ3) is 3.62. The molecule has 0 unspecified atom stereocenters. The first-order chi connectivity index (χ1) is 6.58. The molecule has 0 N–H and O–H groups in total. The molecule has 0 bridgehead atoms. The zero-order valence-corrected chi connectivity index (χ0v) is 8.84. The van der Waals surface area contributed by atoms with Crippen LogP contribution in [0.25, 0.3) is 0 Å². The van der Waals surface area contributed by atoms with E-state index in [0.29, 0.717) is 10.8 Å². The molecule has 14 heavy (non-hydrogen) atoms. The monoisotopic (exact) mass is 210 g/mol. The molecule has 2 nitrogen and oxygen atoms in total. The molecule has 0 spiro atoms. The fourth-order valence-electron chi connectivity index (χ4n) is 0.912. The second kappa shape index (κ2) is 4.82. The van der Waals surface area contributed by atoms with E-state index in [2.05, 4.69) is 0 Å². The first-order valence-corrected chi connectivity index (χ1v) is 4.58. The molecule has 0 amide bonds. The zero-order valence-electron chi connectivity index (χ0n) is 8.08. The van der Waals surface area contributed by atoms with Gasteiger partial charge in [0.05, 0.1) is 0 Å². The highest BCUT2D eigenvalue weighted by molar-refractivity contribution is 6.30. The number of carbonyl (C=O) groups excluding carboxylic acids is 1. The van der Waals surface area contributed by atoms with Crippen molar-refractivity contribution < 1.29 is 9.53 Å². The summed E-state index contributed by atoms with van der Waals surface area (Å²) in [5.41, 5.74) is 0.900. The summed E-state index contributed by atoms with van der Waals surface area (Å²) in [6.07, 6.45) is 1.43. The van der Waals surface area contributed by atoms with Crippen LogP contribution in [0, 0.1) is 0 Å². The molecule has 3 heteroatoms. The smallest absolute Gasteiger partial charge is 0.336 e. The molecular formula is C11H11ClO2. The number of hydrogen-bond donors (Lipinski definition) is 0. The highest BCUT2D eigenvalue weighted by Crippen LogP contribution is 2.17. The number of benzene rings is 1.